The van der Waals surface area contributed by atoms with Crippen molar-refractivity contribution in [1.29, 1.82) is 0 Å². The molecule has 0 radical (unpaired) electrons. The van der Waals surface area contributed by atoms with Crippen molar-refractivity contribution in [2.75, 3.05) is 26.5 Å². The zero-order chi connectivity index (χ0) is 29.6. The highest BCUT2D eigenvalue weighted by molar-refractivity contribution is 7.98. The minimum Gasteiger partial charge on any atom is -0.465 e. The number of carbonyl (C=O) groups excluding carboxylic acids is 1. The molecule has 3 aliphatic heterocycles. The summed E-state index contributed by atoms with van der Waals surface area (Å²) in [5.74, 6) is -0.408. The summed E-state index contributed by atoms with van der Waals surface area (Å²) in [5, 5.41) is 12.0. The van der Waals surface area contributed by atoms with Crippen LogP contribution in [0.4, 0.5) is 14.0 Å². The second-order valence-electron chi connectivity index (χ2n) is 11.3. The topological polar surface area (TPSA) is 114 Å². The summed E-state index contributed by atoms with van der Waals surface area (Å²) < 4.78 is 24.9. The van der Waals surface area contributed by atoms with E-state index in [9.17, 15) is 14.7 Å². The quantitative estimate of drug-likeness (QED) is 0.226. The number of rotatable bonds is 4. The van der Waals surface area contributed by atoms with Gasteiger partial charge in [-0.25, -0.2) is 23.9 Å². The fourth-order valence-electron chi connectivity index (χ4n) is 7.51. The van der Waals surface area contributed by atoms with Crippen LogP contribution in [-0.2, 0) is 4.74 Å². The number of thiazole rings is 1. The Morgan fingerprint density at radius 3 is 2.81 bits per heavy atom. The van der Waals surface area contributed by atoms with Crippen molar-refractivity contribution in [3.8, 4) is 11.3 Å². The highest BCUT2D eigenvalue weighted by atomic mass is 32.2. The van der Waals surface area contributed by atoms with Gasteiger partial charge < -0.3 is 19.3 Å². The van der Waals surface area contributed by atoms with Gasteiger partial charge in [0.1, 0.15) is 16.2 Å². The molecule has 13 heteroatoms. The van der Waals surface area contributed by atoms with Crippen LogP contribution in [0.3, 0.4) is 0 Å². The number of carboxylic acid groups (broad SMARTS) is 1. The predicted molar refractivity (Wildman–Crippen MR) is 162 cm³/mol. The van der Waals surface area contributed by atoms with Crippen LogP contribution in [0.1, 0.15) is 37.0 Å². The monoisotopic (exact) mass is 618 g/mol. The van der Waals surface area contributed by atoms with Crippen LogP contribution in [-0.4, -0.2) is 79.1 Å². The minimum atomic E-state index is -0.935. The number of hydrogen-bond donors (Lipinski definition) is 1. The third kappa shape index (κ3) is 3.73. The number of ether oxygens (including phenoxy) is 1. The standard InChI is InChI=1S/C30H27FN6O4S2/c1-41-30(40)35-8-4-6-18(35)19-10-16-27(37(19)26-14-9-20(26)36(12-14)29(38)39)17-11-32-24(22(31)25(17)34-28(16)42-2)15-5-3-7-21-23(15)33-13-43-21/h3,5,7,10-11,13-14,18,20,26H,4,6,8-9,12H2,1-2H3,(H,38,39)/t14-,18-,20-,26+/m1/s1. The van der Waals surface area contributed by atoms with Crippen LogP contribution < -0.4 is 0 Å². The minimum absolute atomic E-state index is 0.115. The van der Waals surface area contributed by atoms with Gasteiger partial charge in [-0.3, -0.25) is 9.88 Å². The first kappa shape index (κ1) is 26.6. The zero-order valence-electron chi connectivity index (χ0n) is 23.4. The number of likely N-dealkylation sites (tertiary alicyclic amines) is 1. The van der Waals surface area contributed by atoms with E-state index in [-0.39, 0.29) is 35.3 Å². The summed E-state index contributed by atoms with van der Waals surface area (Å²) in [6, 6.07) is 7.10. The summed E-state index contributed by atoms with van der Waals surface area (Å²) in [6.45, 7) is 1.01. The number of carbonyl (C=O) groups is 2. The molecule has 3 saturated heterocycles. The zero-order valence-corrected chi connectivity index (χ0v) is 25.0. The van der Waals surface area contributed by atoms with Crippen LogP contribution in [0.15, 0.2) is 41.0 Å². The molecule has 4 aliphatic rings. The van der Waals surface area contributed by atoms with Crippen molar-refractivity contribution in [1.82, 2.24) is 29.3 Å². The molecule has 1 aromatic carbocycles. The average Bonchev–Trinajstić information content (AvgIpc) is 3.83. The van der Waals surface area contributed by atoms with E-state index in [0.29, 0.717) is 34.6 Å². The fraction of sp³-hybridized carbons (Fsp3) is 0.367. The molecule has 43 heavy (non-hydrogen) atoms. The highest BCUT2D eigenvalue weighted by Gasteiger charge is 2.56. The number of fused-ring (bicyclic) bond motifs is 5. The Hall–Kier alpha value is -3.97. The van der Waals surface area contributed by atoms with Gasteiger partial charge in [0.25, 0.3) is 0 Å². The number of benzene rings is 1. The lowest BCUT2D eigenvalue weighted by molar-refractivity contribution is 0.112. The van der Waals surface area contributed by atoms with Gasteiger partial charge >= 0.3 is 12.2 Å². The van der Waals surface area contributed by atoms with Crippen LogP contribution in [0.5, 0.6) is 0 Å². The van der Waals surface area contributed by atoms with Gasteiger partial charge in [0, 0.05) is 47.2 Å². The van der Waals surface area contributed by atoms with Crippen molar-refractivity contribution in [2.24, 2.45) is 5.92 Å². The third-order valence-corrected chi connectivity index (χ3v) is 10.9. The average molecular weight is 619 g/mol. The molecule has 0 spiro atoms. The lowest BCUT2D eigenvalue weighted by atomic mass is 9.79. The number of amides is 2. The van der Waals surface area contributed by atoms with E-state index in [2.05, 4.69) is 20.6 Å². The molecule has 0 unspecified atom stereocenters. The lowest BCUT2D eigenvalue weighted by Gasteiger charge is -2.40. The number of hydrogen-bond acceptors (Lipinski definition) is 8. The normalized spacial score (nSPS) is 23.0. The van der Waals surface area contributed by atoms with Gasteiger partial charge in [0.15, 0.2) is 5.82 Å². The molecule has 2 bridgehead atoms. The first-order valence-electron chi connectivity index (χ1n) is 14.1. The Kier molecular flexibility index (Phi) is 6.06. The van der Waals surface area contributed by atoms with Crippen molar-refractivity contribution < 1.29 is 23.8 Å². The fourth-order valence-corrected chi connectivity index (χ4v) is 8.77. The molecule has 4 atom stereocenters. The summed E-state index contributed by atoms with van der Waals surface area (Å²) in [7, 11) is 1.38. The van der Waals surface area contributed by atoms with Crippen LogP contribution in [0.25, 0.3) is 43.3 Å². The van der Waals surface area contributed by atoms with Gasteiger partial charge in [0.2, 0.25) is 0 Å². The van der Waals surface area contributed by atoms with Crippen LogP contribution >= 0.6 is 23.1 Å². The van der Waals surface area contributed by atoms with Crippen molar-refractivity contribution in [2.45, 2.75) is 42.4 Å². The molecule has 4 aromatic heterocycles. The Morgan fingerprint density at radius 1 is 1.19 bits per heavy atom. The van der Waals surface area contributed by atoms with Gasteiger partial charge in [-0.1, -0.05) is 12.1 Å². The van der Waals surface area contributed by atoms with Gasteiger partial charge in [0.05, 0.1) is 46.5 Å². The molecule has 9 rings (SSSR count). The molecule has 1 aliphatic carbocycles. The van der Waals surface area contributed by atoms with Crippen molar-refractivity contribution in [3.63, 3.8) is 0 Å². The molecule has 7 heterocycles. The Bertz CT molecular complexity index is 1980. The van der Waals surface area contributed by atoms with Gasteiger partial charge in [-0.2, -0.15) is 0 Å². The first-order chi connectivity index (χ1) is 20.9. The van der Waals surface area contributed by atoms with Crippen molar-refractivity contribution in [3.05, 3.63) is 47.5 Å². The third-order valence-electron chi connectivity index (χ3n) is 9.37. The van der Waals surface area contributed by atoms with E-state index in [1.807, 2.05) is 24.5 Å². The van der Waals surface area contributed by atoms with E-state index >= 15 is 4.39 Å². The molecule has 220 valence electrons. The molecule has 4 fully saturated rings. The Morgan fingerprint density at radius 2 is 2.05 bits per heavy atom. The second kappa shape index (κ2) is 9.78. The smallest absolute Gasteiger partial charge is 0.410 e. The predicted octanol–water partition coefficient (Wildman–Crippen LogP) is 6.55. The molecule has 2 amide bonds. The lowest BCUT2D eigenvalue weighted by Crippen LogP contribution is -2.43. The van der Waals surface area contributed by atoms with Gasteiger partial charge in [-0.15, -0.1) is 23.1 Å². The Balaban J connectivity index is 1.40. The van der Waals surface area contributed by atoms with E-state index < -0.39 is 18.0 Å². The van der Waals surface area contributed by atoms with E-state index in [4.69, 9.17) is 9.72 Å². The number of methoxy groups -OCH3 is 1. The Labute approximate surface area is 253 Å². The van der Waals surface area contributed by atoms with E-state index in [1.165, 1.54) is 35.1 Å². The maximum atomic E-state index is 16.6. The molecular formula is C30H27FN6O4S2. The maximum Gasteiger partial charge on any atom is 0.410 e. The van der Waals surface area contributed by atoms with Crippen molar-refractivity contribution >= 4 is 67.3 Å². The number of aromatic nitrogens is 4. The number of pyridine rings is 2. The number of thioether (sulfide) groups is 1. The van der Waals surface area contributed by atoms with Gasteiger partial charge in [-0.05, 0) is 37.7 Å². The summed E-state index contributed by atoms with van der Waals surface area (Å²) in [5.41, 5.74) is 5.11. The summed E-state index contributed by atoms with van der Waals surface area (Å²) in [4.78, 5) is 42.1. The van der Waals surface area contributed by atoms with Crippen LogP contribution in [0, 0.1) is 11.7 Å². The molecular weight excluding hydrogens is 592 g/mol. The second-order valence-corrected chi connectivity index (χ2v) is 13.0. The van der Waals surface area contributed by atoms with Crippen LogP contribution in [0.2, 0.25) is 0 Å². The molecule has 1 N–H and O–H groups in total. The van der Waals surface area contributed by atoms with E-state index in [1.54, 1.807) is 16.6 Å². The maximum absolute atomic E-state index is 16.6. The molecule has 5 aromatic rings. The SMILES string of the molecule is COC(=O)N1CCC[C@@H]1c1cc2c(SC)nc3c(F)c(-c4cccc5scnc45)ncc3c2n1[C@H]1[C@@H]2C[C@H]1N(C(=O)O)C2. The first-order valence-corrected chi connectivity index (χ1v) is 16.3. The summed E-state index contributed by atoms with van der Waals surface area (Å²) in [6.07, 6.45) is 4.59. The summed E-state index contributed by atoms with van der Waals surface area (Å²) >= 11 is 2.92. The van der Waals surface area contributed by atoms with E-state index in [0.717, 1.165) is 40.6 Å². The largest absolute Gasteiger partial charge is 0.465 e. The highest BCUT2D eigenvalue weighted by Crippen LogP contribution is 2.54. The number of nitrogens with zero attached hydrogens (tertiary/aromatic N) is 6. The number of para-hydroxylation sites is 1. The molecule has 1 saturated carbocycles. The molecule has 10 nitrogen and oxygen atoms in total. The number of halogens is 1.